The second kappa shape index (κ2) is 13.4. The van der Waals surface area contributed by atoms with E-state index in [0.717, 1.165) is 24.5 Å². The summed E-state index contributed by atoms with van der Waals surface area (Å²) in [4.78, 5) is 17.1. The number of guanidine groups is 1. The monoisotopic (exact) mass is 502 g/mol. The Morgan fingerprint density at radius 1 is 1.19 bits per heavy atom. The fraction of sp³-hybridized carbons (Fsp3) is 0.368. The zero-order valence-corrected chi connectivity index (χ0v) is 18.8. The first-order chi connectivity index (χ1) is 12.7. The Kier molecular flexibility index (Phi) is 11.5. The van der Waals surface area contributed by atoms with Gasteiger partial charge in [-0.15, -0.1) is 35.3 Å². The van der Waals surface area contributed by atoms with Gasteiger partial charge in [-0.3, -0.25) is 9.79 Å². The molecule has 0 atom stereocenters. The number of carbonyl (C=O) groups excluding carboxylic acids is 1. The van der Waals surface area contributed by atoms with Gasteiger partial charge in [-0.1, -0.05) is 18.2 Å². The number of ether oxygens (including phenoxy) is 1. The van der Waals surface area contributed by atoms with Crippen LogP contribution in [0.4, 0.5) is 0 Å². The summed E-state index contributed by atoms with van der Waals surface area (Å²) < 4.78 is 5.52. The molecule has 1 aromatic carbocycles. The van der Waals surface area contributed by atoms with Crippen molar-refractivity contribution >= 4 is 47.2 Å². The van der Waals surface area contributed by atoms with Crippen LogP contribution in [0.1, 0.15) is 17.4 Å². The predicted octanol–water partition coefficient (Wildman–Crippen LogP) is 2.79. The van der Waals surface area contributed by atoms with Crippen molar-refractivity contribution in [3.8, 4) is 5.75 Å². The highest BCUT2D eigenvalue weighted by atomic mass is 127. The Balaban J connectivity index is 0.00000364. The summed E-state index contributed by atoms with van der Waals surface area (Å²) in [5, 5.41) is 11.4. The average Bonchev–Trinajstić information content (AvgIpc) is 3.17. The number of hydrogen-bond donors (Lipinski definition) is 3. The van der Waals surface area contributed by atoms with Gasteiger partial charge in [0.25, 0.3) is 5.91 Å². The van der Waals surface area contributed by atoms with Crippen LogP contribution in [0.15, 0.2) is 46.8 Å². The topological polar surface area (TPSA) is 74.8 Å². The first-order valence-electron chi connectivity index (χ1n) is 8.66. The Labute approximate surface area is 181 Å². The SMILES string of the molecule is CCNC(=O)COc1cccc(CNC(=NC)NCCc2cccs2)c1.I. The minimum atomic E-state index is -0.119. The van der Waals surface area contributed by atoms with E-state index in [1.165, 1.54) is 4.88 Å². The molecule has 0 spiro atoms. The lowest BCUT2D eigenvalue weighted by Gasteiger charge is -2.12. The van der Waals surface area contributed by atoms with E-state index in [9.17, 15) is 4.79 Å². The summed E-state index contributed by atoms with van der Waals surface area (Å²) in [7, 11) is 1.76. The molecule has 1 amide bonds. The number of nitrogens with one attached hydrogen (secondary N) is 3. The standard InChI is InChI=1S/C19H26N4O2S.HI/c1-3-21-18(24)14-25-16-7-4-6-15(12-16)13-23-19(20-2)22-10-9-17-8-5-11-26-17;/h4-8,11-12H,3,9-10,13-14H2,1-2H3,(H,21,24)(H2,20,22,23);1H. The maximum absolute atomic E-state index is 11.5. The van der Waals surface area contributed by atoms with Gasteiger partial charge in [-0.2, -0.15) is 0 Å². The number of amides is 1. The van der Waals surface area contributed by atoms with Crippen LogP contribution in [0.3, 0.4) is 0 Å². The molecule has 0 aliphatic rings. The van der Waals surface area contributed by atoms with Gasteiger partial charge in [-0.05, 0) is 42.5 Å². The third kappa shape index (κ3) is 9.09. The number of likely N-dealkylation sites (N-methyl/N-ethyl adjacent to an activating group) is 1. The van der Waals surface area contributed by atoms with Gasteiger partial charge in [-0.25, -0.2) is 0 Å². The summed E-state index contributed by atoms with van der Waals surface area (Å²) in [5.41, 5.74) is 1.06. The molecule has 0 aliphatic heterocycles. The van der Waals surface area contributed by atoms with Crippen LogP contribution in [0.2, 0.25) is 0 Å². The zero-order chi connectivity index (χ0) is 18.6. The minimum Gasteiger partial charge on any atom is -0.484 e. The molecule has 0 radical (unpaired) electrons. The van der Waals surface area contributed by atoms with Crippen LogP contribution in [-0.4, -0.2) is 38.6 Å². The fourth-order valence-corrected chi connectivity index (χ4v) is 3.02. The van der Waals surface area contributed by atoms with Crippen LogP contribution in [0.5, 0.6) is 5.75 Å². The molecule has 0 fully saturated rings. The lowest BCUT2D eigenvalue weighted by atomic mass is 10.2. The smallest absolute Gasteiger partial charge is 0.257 e. The van der Waals surface area contributed by atoms with Crippen molar-refractivity contribution in [2.24, 2.45) is 4.99 Å². The van der Waals surface area contributed by atoms with Crippen molar-refractivity contribution in [3.63, 3.8) is 0 Å². The van der Waals surface area contributed by atoms with Gasteiger partial charge in [0.05, 0.1) is 0 Å². The van der Waals surface area contributed by atoms with E-state index in [-0.39, 0.29) is 36.5 Å². The van der Waals surface area contributed by atoms with Crippen molar-refractivity contribution in [3.05, 3.63) is 52.2 Å². The fourth-order valence-electron chi connectivity index (χ4n) is 2.31. The van der Waals surface area contributed by atoms with Gasteiger partial charge in [0, 0.05) is 31.6 Å². The van der Waals surface area contributed by atoms with Crippen LogP contribution in [0, 0.1) is 0 Å². The van der Waals surface area contributed by atoms with Gasteiger partial charge < -0.3 is 20.7 Å². The third-order valence-electron chi connectivity index (χ3n) is 3.57. The second-order valence-corrected chi connectivity index (χ2v) is 6.60. The Morgan fingerprint density at radius 2 is 2.04 bits per heavy atom. The van der Waals surface area contributed by atoms with Crippen molar-refractivity contribution in [2.75, 3.05) is 26.7 Å². The number of hydrogen-bond acceptors (Lipinski definition) is 4. The summed E-state index contributed by atoms with van der Waals surface area (Å²) in [5.74, 6) is 1.32. The number of benzene rings is 1. The molecule has 0 bridgehead atoms. The molecule has 0 saturated carbocycles. The second-order valence-electron chi connectivity index (χ2n) is 5.57. The van der Waals surface area contributed by atoms with E-state index in [4.69, 9.17) is 4.74 Å². The van der Waals surface area contributed by atoms with E-state index in [1.54, 1.807) is 18.4 Å². The van der Waals surface area contributed by atoms with Crippen molar-refractivity contribution in [1.82, 2.24) is 16.0 Å². The van der Waals surface area contributed by atoms with Gasteiger partial charge >= 0.3 is 0 Å². The molecule has 0 unspecified atom stereocenters. The molecule has 6 nitrogen and oxygen atoms in total. The number of nitrogens with zero attached hydrogens (tertiary/aromatic N) is 1. The number of aliphatic imine (C=N–C) groups is 1. The molecule has 0 aliphatic carbocycles. The molecular formula is C19H27IN4O2S. The number of carbonyl (C=O) groups is 1. The average molecular weight is 502 g/mol. The van der Waals surface area contributed by atoms with Crippen LogP contribution >= 0.6 is 35.3 Å². The molecule has 2 aromatic rings. The van der Waals surface area contributed by atoms with Gasteiger partial charge in [0.1, 0.15) is 5.75 Å². The molecule has 3 N–H and O–H groups in total. The highest BCUT2D eigenvalue weighted by Gasteiger charge is 2.03. The molecule has 8 heteroatoms. The van der Waals surface area contributed by atoms with Crippen LogP contribution in [0.25, 0.3) is 0 Å². The maximum atomic E-state index is 11.5. The third-order valence-corrected chi connectivity index (χ3v) is 4.51. The highest BCUT2D eigenvalue weighted by molar-refractivity contribution is 14.0. The van der Waals surface area contributed by atoms with Gasteiger partial charge in [0.15, 0.2) is 12.6 Å². The van der Waals surface area contributed by atoms with Gasteiger partial charge in [0.2, 0.25) is 0 Å². The summed E-state index contributed by atoms with van der Waals surface area (Å²) >= 11 is 1.76. The molecular weight excluding hydrogens is 475 g/mol. The lowest BCUT2D eigenvalue weighted by Crippen LogP contribution is -2.37. The zero-order valence-electron chi connectivity index (χ0n) is 15.7. The van der Waals surface area contributed by atoms with Crippen molar-refractivity contribution < 1.29 is 9.53 Å². The van der Waals surface area contributed by atoms with E-state index in [0.29, 0.717) is 18.8 Å². The number of thiophene rings is 1. The van der Waals surface area contributed by atoms with E-state index >= 15 is 0 Å². The Morgan fingerprint density at radius 3 is 2.74 bits per heavy atom. The van der Waals surface area contributed by atoms with E-state index in [1.807, 2.05) is 31.2 Å². The Hall–Kier alpha value is -1.81. The highest BCUT2D eigenvalue weighted by Crippen LogP contribution is 2.13. The quantitative estimate of drug-likeness (QED) is 0.280. The predicted molar refractivity (Wildman–Crippen MR) is 122 cm³/mol. The maximum Gasteiger partial charge on any atom is 0.257 e. The minimum absolute atomic E-state index is 0. The molecule has 0 saturated heterocycles. The van der Waals surface area contributed by atoms with E-state index < -0.39 is 0 Å². The first-order valence-corrected chi connectivity index (χ1v) is 9.54. The summed E-state index contributed by atoms with van der Waals surface area (Å²) in [6, 6.07) is 11.9. The van der Waals surface area contributed by atoms with Crippen molar-refractivity contribution in [2.45, 2.75) is 19.9 Å². The molecule has 27 heavy (non-hydrogen) atoms. The van der Waals surface area contributed by atoms with E-state index in [2.05, 4.69) is 38.5 Å². The first kappa shape index (κ1) is 23.2. The largest absolute Gasteiger partial charge is 0.484 e. The van der Waals surface area contributed by atoms with Crippen LogP contribution < -0.4 is 20.7 Å². The molecule has 1 heterocycles. The normalized spacial score (nSPS) is 10.7. The lowest BCUT2D eigenvalue weighted by molar-refractivity contribution is -0.122. The summed E-state index contributed by atoms with van der Waals surface area (Å²) in [6.45, 7) is 3.96. The molecule has 2 rings (SSSR count). The summed E-state index contributed by atoms with van der Waals surface area (Å²) in [6.07, 6.45) is 0.974. The Bertz CT molecular complexity index is 707. The van der Waals surface area contributed by atoms with Crippen LogP contribution in [-0.2, 0) is 17.8 Å². The number of halogens is 1. The molecule has 148 valence electrons. The number of rotatable bonds is 9. The molecule has 1 aromatic heterocycles. The van der Waals surface area contributed by atoms with Crippen molar-refractivity contribution in [1.29, 1.82) is 0 Å².